The number of hydrogen-bond acceptors (Lipinski definition) is 3. The molecule has 0 aromatic heterocycles. The Morgan fingerprint density at radius 1 is 0.759 bits per heavy atom. The average Bonchev–Trinajstić information content (AvgIpc) is 3.65. The molecular weight excluding hydrogens is 705 g/mol. The van der Waals surface area contributed by atoms with Crippen LogP contribution in [0, 0.1) is 19.3 Å². The van der Waals surface area contributed by atoms with Gasteiger partial charge < -0.3 is 10.7 Å². The molecule has 0 fully saturated rings. The van der Waals surface area contributed by atoms with Crippen molar-refractivity contribution in [3.63, 3.8) is 0 Å². The van der Waals surface area contributed by atoms with E-state index in [9.17, 15) is 0 Å². The van der Waals surface area contributed by atoms with Gasteiger partial charge in [0.25, 0.3) is 0 Å². The molecule has 4 N–H and O–H groups in total. The third-order valence-electron chi connectivity index (χ3n) is 10.5. The number of nitrogens with one attached hydrogen (secondary N) is 2. The predicted octanol–water partition coefficient (Wildman–Crippen LogP) is 11.8. The Balaban J connectivity index is 1.10. The number of terminal acetylenes is 1. The highest BCUT2D eigenvalue weighted by Crippen LogP contribution is 2.45. The first-order valence-corrected chi connectivity index (χ1v) is 19.4. The second kappa shape index (κ2) is 17.4. The number of aryl methyl sites for hydroxylation is 1. The number of aliphatic imine (C=N–C) groups is 1. The molecule has 2 aliphatic rings. The van der Waals surface area contributed by atoms with Crippen molar-refractivity contribution >= 4 is 17.6 Å². The summed E-state index contributed by atoms with van der Waals surface area (Å²) in [4.78, 5) is 5.23. The van der Waals surface area contributed by atoms with E-state index in [1.54, 1.807) is 6.08 Å². The summed E-state index contributed by atoms with van der Waals surface area (Å²) in [5.74, 6) is 9.61. The summed E-state index contributed by atoms with van der Waals surface area (Å²) in [5.41, 5.74) is 25.4. The minimum absolute atomic E-state index is 0.402. The van der Waals surface area contributed by atoms with Gasteiger partial charge in [-0.25, -0.2) is 5.84 Å². The number of benzene rings is 6. The van der Waals surface area contributed by atoms with Gasteiger partial charge in [0.15, 0.2) is 0 Å². The number of hydrogen-bond donors (Lipinski definition) is 3. The molecule has 1 unspecified atom stereocenters. The number of hydrazine groups is 1. The summed E-state index contributed by atoms with van der Waals surface area (Å²) in [6.07, 6.45) is 24.8. The molecule has 58 heavy (non-hydrogen) atoms. The van der Waals surface area contributed by atoms with Crippen molar-refractivity contribution in [2.45, 2.75) is 19.4 Å². The van der Waals surface area contributed by atoms with E-state index in [1.165, 1.54) is 33.4 Å². The lowest BCUT2D eigenvalue weighted by Gasteiger charge is -2.22. The molecule has 0 radical (unpaired) electrons. The number of allylic oxidation sites excluding steroid dienone is 6. The maximum Gasteiger partial charge on any atom is 0.144 e. The molecule has 0 saturated carbocycles. The SMILES string of the molecule is C#Cc1cccc(C(/N=C(\NN)C2=CC=C=C=C2)c2ccccc2)c1-c1ccc(-c2cccc3c2-c2ccc(N/C=C/C=C\C=C/c4ccccc4)cc2C3)cc1C. The molecule has 0 amide bonds. The van der Waals surface area contributed by atoms with Crippen molar-refractivity contribution in [1.82, 2.24) is 5.43 Å². The Hall–Kier alpha value is -7.63. The Labute approximate surface area is 341 Å². The molecule has 0 bridgehead atoms. The minimum Gasteiger partial charge on any atom is -0.362 e. The first-order valence-electron chi connectivity index (χ1n) is 19.4. The van der Waals surface area contributed by atoms with Crippen molar-refractivity contribution in [2.75, 3.05) is 5.32 Å². The molecule has 0 heterocycles. The number of anilines is 1. The van der Waals surface area contributed by atoms with Gasteiger partial charge in [0.2, 0.25) is 0 Å². The summed E-state index contributed by atoms with van der Waals surface area (Å²) >= 11 is 0. The fourth-order valence-electron chi connectivity index (χ4n) is 7.75. The van der Waals surface area contributed by atoms with Crippen LogP contribution in [-0.4, -0.2) is 5.84 Å². The maximum absolute atomic E-state index is 6.23. The summed E-state index contributed by atoms with van der Waals surface area (Å²) in [7, 11) is 0. The summed E-state index contributed by atoms with van der Waals surface area (Å²) in [6.45, 7) is 2.16. The Morgan fingerprint density at radius 2 is 1.55 bits per heavy atom. The van der Waals surface area contributed by atoms with Crippen molar-refractivity contribution in [2.24, 2.45) is 10.8 Å². The van der Waals surface area contributed by atoms with E-state index in [-0.39, 0.29) is 0 Å². The molecule has 6 aromatic carbocycles. The first-order chi connectivity index (χ1) is 28.6. The molecule has 0 aliphatic heterocycles. The highest BCUT2D eigenvalue weighted by molar-refractivity contribution is 6.01. The van der Waals surface area contributed by atoms with Crippen LogP contribution in [0.4, 0.5) is 5.69 Å². The molecule has 4 heteroatoms. The van der Waals surface area contributed by atoms with Crippen LogP contribution in [-0.2, 0) is 6.42 Å². The van der Waals surface area contributed by atoms with Gasteiger partial charge in [0, 0.05) is 28.6 Å². The van der Waals surface area contributed by atoms with Gasteiger partial charge in [-0.1, -0.05) is 157 Å². The van der Waals surface area contributed by atoms with Crippen molar-refractivity contribution in [1.29, 1.82) is 0 Å². The van der Waals surface area contributed by atoms with Gasteiger partial charge in [0.1, 0.15) is 11.9 Å². The van der Waals surface area contributed by atoms with E-state index < -0.39 is 6.04 Å². The van der Waals surface area contributed by atoms with Gasteiger partial charge in [-0.3, -0.25) is 4.99 Å². The van der Waals surface area contributed by atoms with E-state index in [4.69, 9.17) is 17.3 Å². The zero-order valence-corrected chi connectivity index (χ0v) is 32.3. The van der Waals surface area contributed by atoms with Gasteiger partial charge in [-0.15, -0.1) is 6.42 Å². The van der Waals surface area contributed by atoms with Gasteiger partial charge >= 0.3 is 0 Å². The second-order valence-corrected chi connectivity index (χ2v) is 14.1. The molecular formula is C54H42N4. The highest BCUT2D eigenvalue weighted by Gasteiger charge is 2.25. The Bertz CT molecular complexity index is 2800. The second-order valence-electron chi connectivity index (χ2n) is 14.1. The van der Waals surface area contributed by atoms with E-state index in [2.05, 4.69) is 126 Å². The van der Waals surface area contributed by atoms with E-state index >= 15 is 0 Å². The quantitative estimate of drug-likeness (QED) is 0.0235. The van der Waals surface area contributed by atoms with Crippen LogP contribution in [0.3, 0.4) is 0 Å². The van der Waals surface area contributed by atoms with Crippen molar-refractivity contribution in [3.05, 3.63) is 238 Å². The molecule has 2 aliphatic carbocycles. The molecule has 0 spiro atoms. The number of nitrogens with two attached hydrogens (primary N) is 1. The molecule has 278 valence electrons. The predicted molar refractivity (Wildman–Crippen MR) is 243 cm³/mol. The van der Waals surface area contributed by atoms with Crippen LogP contribution in [0.5, 0.6) is 0 Å². The Kier molecular flexibility index (Phi) is 11.2. The lowest BCUT2D eigenvalue weighted by atomic mass is 9.85. The van der Waals surface area contributed by atoms with Gasteiger partial charge in [-0.2, -0.15) is 0 Å². The number of rotatable bonds is 11. The van der Waals surface area contributed by atoms with E-state index in [0.29, 0.717) is 5.84 Å². The maximum atomic E-state index is 6.23. The van der Waals surface area contributed by atoms with E-state index in [1.807, 2.05) is 91.2 Å². The van der Waals surface area contributed by atoms with Crippen LogP contribution in [0.15, 0.2) is 204 Å². The molecule has 1 atom stereocenters. The van der Waals surface area contributed by atoms with Crippen LogP contribution >= 0.6 is 0 Å². The molecule has 8 rings (SSSR count). The third kappa shape index (κ3) is 8.01. The number of amidine groups is 1. The molecule has 4 nitrogen and oxygen atoms in total. The highest BCUT2D eigenvalue weighted by atomic mass is 15.3. The number of fused-ring (bicyclic) bond motifs is 3. The summed E-state index contributed by atoms with van der Waals surface area (Å²) in [5, 5.41) is 3.45. The summed E-state index contributed by atoms with van der Waals surface area (Å²) in [6, 6.07) is 46.3. The smallest absolute Gasteiger partial charge is 0.144 e. The monoisotopic (exact) mass is 746 g/mol. The van der Waals surface area contributed by atoms with Gasteiger partial charge in [0.05, 0.1) is 0 Å². The molecule has 6 aromatic rings. The lowest BCUT2D eigenvalue weighted by Crippen LogP contribution is -2.32. The fraction of sp³-hybridized carbons (Fsp3) is 0.0556. The standard InChI is InChI=1S/C54H42N4/c1-3-40-26-17-29-50(53(41-22-12-7-13-23-41)57-54(58-55)42-24-14-8-15-25-42)51(40)47-32-30-43(35-38(47)2)48-28-18-27-44-36-45-37-46(31-33-49(45)52(44)48)56-34-16-5-4-9-19-39-20-10-6-11-21-39/h1,4-7,9-14,16-35,37,53,56H,36,55H2,2H3,(H,57,58)/b5-4-,19-9-,34-16+. The Morgan fingerprint density at radius 3 is 2.33 bits per heavy atom. The van der Waals surface area contributed by atoms with Crippen LogP contribution in [0.25, 0.3) is 39.5 Å². The minimum atomic E-state index is -0.402. The van der Waals surface area contributed by atoms with E-state index in [0.717, 1.165) is 56.6 Å². The van der Waals surface area contributed by atoms with Crippen molar-refractivity contribution < 1.29 is 0 Å². The average molecular weight is 747 g/mol. The summed E-state index contributed by atoms with van der Waals surface area (Å²) < 4.78 is 0. The fourth-order valence-corrected chi connectivity index (χ4v) is 7.75. The van der Waals surface area contributed by atoms with Crippen LogP contribution in [0.2, 0.25) is 0 Å². The van der Waals surface area contributed by atoms with Gasteiger partial charge in [-0.05, 0) is 117 Å². The van der Waals surface area contributed by atoms with Crippen LogP contribution in [0.1, 0.15) is 45.0 Å². The zero-order chi connectivity index (χ0) is 39.7. The number of nitrogens with zero attached hydrogens (tertiary/aromatic N) is 1. The molecule has 0 saturated heterocycles. The normalized spacial score (nSPS) is 13.5. The lowest BCUT2D eigenvalue weighted by molar-refractivity contribution is 0.853. The largest absolute Gasteiger partial charge is 0.362 e. The van der Waals surface area contributed by atoms with Crippen molar-refractivity contribution in [3.8, 4) is 45.7 Å². The van der Waals surface area contributed by atoms with Crippen LogP contribution < -0.4 is 16.6 Å². The zero-order valence-electron chi connectivity index (χ0n) is 32.3. The topological polar surface area (TPSA) is 62.4 Å². The third-order valence-corrected chi connectivity index (χ3v) is 10.5. The first kappa shape index (κ1) is 37.3.